The molecule has 1 saturated heterocycles. The van der Waals surface area contributed by atoms with Crippen LogP contribution in [-0.4, -0.2) is 56.0 Å². The summed E-state index contributed by atoms with van der Waals surface area (Å²) in [6.45, 7) is 0.127. The lowest BCUT2D eigenvalue weighted by Crippen LogP contribution is -2.32. The SMILES string of the molecule is NS(=O)(=O)c1ccc(S(=O)(=O)NCCOC2CCS(=O)(=O)CC2)cc1. The molecule has 9 nitrogen and oxygen atoms in total. The Morgan fingerprint density at radius 1 is 1.04 bits per heavy atom. The molecule has 0 aliphatic carbocycles. The summed E-state index contributed by atoms with van der Waals surface area (Å²) in [5.41, 5.74) is 0. The maximum atomic E-state index is 12.1. The Morgan fingerprint density at radius 2 is 1.56 bits per heavy atom. The number of nitrogens with one attached hydrogen (secondary N) is 1. The molecule has 12 heteroatoms. The van der Waals surface area contributed by atoms with Gasteiger partial charge < -0.3 is 4.74 Å². The van der Waals surface area contributed by atoms with E-state index in [-0.39, 0.29) is 40.6 Å². The van der Waals surface area contributed by atoms with Gasteiger partial charge in [-0.1, -0.05) is 0 Å². The summed E-state index contributed by atoms with van der Waals surface area (Å²) in [6, 6.07) is 4.52. The average molecular weight is 413 g/mol. The van der Waals surface area contributed by atoms with Crippen molar-refractivity contribution in [1.82, 2.24) is 4.72 Å². The number of benzene rings is 1. The Morgan fingerprint density at radius 3 is 2.08 bits per heavy atom. The van der Waals surface area contributed by atoms with Crippen molar-refractivity contribution in [3.63, 3.8) is 0 Å². The van der Waals surface area contributed by atoms with Crippen LogP contribution in [0, 0.1) is 0 Å². The zero-order valence-corrected chi connectivity index (χ0v) is 15.7. The number of sulfonamides is 2. The average Bonchev–Trinajstić information content (AvgIpc) is 2.52. The molecule has 0 aromatic heterocycles. The van der Waals surface area contributed by atoms with Gasteiger partial charge in [0.1, 0.15) is 0 Å². The Labute approximate surface area is 147 Å². The topological polar surface area (TPSA) is 150 Å². The Kier molecular flexibility index (Phi) is 6.22. The van der Waals surface area contributed by atoms with Crippen LogP contribution < -0.4 is 9.86 Å². The summed E-state index contributed by atoms with van der Waals surface area (Å²) >= 11 is 0. The van der Waals surface area contributed by atoms with Gasteiger partial charge in [-0.25, -0.2) is 35.1 Å². The number of nitrogens with two attached hydrogens (primary N) is 1. The largest absolute Gasteiger partial charge is 0.377 e. The Balaban J connectivity index is 1.83. The molecule has 2 rings (SSSR count). The Bertz CT molecular complexity index is 893. The lowest BCUT2D eigenvalue weighted by atomic mass is 10.2. The molecule has 0 amide bonds. The molecule has 0 saturated carbocycles. The van der Waals surface area contributed by atoms with Crippen molar-refractivity contribution in [1.29, 1.82) is 0 Å². The predicted octanol–water partition coefficient (Wildman–Crippen LogP) is -0.794. The lowest BCUT2D eigenvalue weighted by Gasteiger charge is -2.22. The van der Waals surface area contributed by atoms with E-state index in [1.165, 1.54) is 0 Å². The first-order chi connectivity index (χ1) is 11.5. The molecule has 0 atom stereocenters. The van der Waals surface area contributed by atoms with Crippen LogP contribution in [0.25, 0.3) is 0 Å². The van der Waals surface area contributed by atoms with E-state index in [4.69, 9.17) is 9.88 Å². The van der Waals surface area contributed by atoms with Crippen LogP contribution >= 0.6 is 0 Å². The van der Waals surface area contributed by atoms with Gasteiger partial charge in [0.15, 0.2) is 9.84 Å². The fraction of sp³-hybridized carbons (Fsp3) is 0.538. The van der Waals surface area contributed by atoms with Crippen molar-refractivity contribution in [2.24, 2.45) is 5.14 Å². The van der Waals surface area contributed by atoms with Crippen molar-refractivity contribution >= 4 is 29.9 Å². The molecule has 1 aromatic rings. The van der Waals surface area contributed by atoms with Crippen molar-refractivity contribution in [3.8, 4) is 0 Å². The third-order valence-electron chi connectivity index (χ3n) is 3.71. The van der Waals surface area contributed by atoms with Gasteiger partial charge in [0.05, 0.1) is 34.0 Å². The molecule has 0 radical (unpaired) electrons. The monoisotopic (exact) mass is 412 g/mol. The van der Waals surface area contributed by atoms with Crippen LogP contribution in [-0.2, 0) is 34.6 Å². The zero-order chi connectivity index (χ0) is 18.7. The van der Waals surface area contributed by atoms with E-state index in [0.717, 1.165) is 24.3 Å². The van der Waals surface area contributed by atoms with Crippen LogP contribution in [0.15, 0.2) is 34.1 Å². The fourth-order valence-corrected chi connectivity index (χ4v) is 5.31. The summed E-state index contributed by atoms with van der Waals surface area (Å²) in [7, 11) is -10.7. The van der Waals surface area contributed by atoms with Crippen LogP contribution in [0.1, 0.15) is 12.8 Å². The van der Waals surface area contributed by atoms with Crippen molar-refractivity contribution in [2.45, 2.75) is 28.7 Å². The Hall–Kier alpha value is -1.05. The molecule has 142 valence electrons. The van der Waals surface area contributed by atoms with Gasteiger partial charge in [-0.3, -0.25) is 0 Å². The van der Waals surface area contributed by atoms with Gasteiger partial charge in [0.2, 0.25) is 20.0 Å². The molecule has 1 heterocycles. The van der Waals surface area contributed by atoms with Gasteiger partial charge in [0.25, 0.3) is 0 Å². The normalized spacial score (nSPS) is 18.9. The summed E-state index contributed by atoms with van der Waals surface area (Å²) in [5.74, 6) is 0.166. The minimum absolute atomic E-state index is 0.0164. The summed E-state index contributed by atoms with van der Waals surface area (Å²) in [4.78, 5) is -0.273. The zero-order valence-electron chi connectivity index (χ0n) is 13.3. The first kappa shape index (κ1) is 20.3. The maximum Gasteiger partial charge on any atom is 0.240 e. The standard InChI is InChI=1S/C13H20N2O7S3/c14-24(18,19)12-1-3-13(4-2-12)25(20,21)15-7-8-22-11-5-9-23(16,17)10-6-11/h1-4,11,15H,5-10H2,(H2,14,18,19). The minimum atomic E-state index is -3.88. The van der Waals surface area contributed by atoms with Gasteiger partial charge in [-0.15, -0.1) is 0 Å². The number of hydrogen-bond donors (Lipinski definition) is 2. The van der Waals surface area contributed by atoms with Crippen molar-refractivity contribution < 1.29 is 30.0 Å². The molecule has 3 N–H and O–H groups in total. The lowest BCUT2D eigenvalue weighted by molar-refractivity contribution is 0.0509. The number of ether oxygens (including phenoxy) is 1. The molecule has 1 aromatic carbocycles. The first-order valence-corrected chi connectivity index (χ1v) is 12.3. The quantitative estimate of drug-likeness (QED) is 0.557. The van der Waals surface area contributed by atoms with E-state index in [0.29, 0.717) is 12.8 Å². The highest BCUT2D eigenvalue weighted by atomic mass is 32.2. The maximum absolute atomic E-state index is 12.1. The smallest absolute Gasteiger partial charge is 0.240 e. The van der Waals surface area contributed by atoms with Gasteiger partial charge in [-0.2, -0.15) is 0 Å². The summed E-state index contributed by atoms with van der Waals surface area (Å²) < 4.78 is 77.0. The fourth-order valence-electron chi connectivity index (χ4n) is 2.33. The van der Waals surface area contributed by atoms with Crippen LogP contribution in [0.2, 0.25) is 0 Å². The molecular weight excluding hydrogens is 392 g/mol. The van der Waals surface area contributed by atoms with Gasteiger partial charge in [-0.05, 0) is 37.1 Å². The summed E-state index contributed by atoms with van der Waals surface area (Å²) in [5, 5.41) is 4.95. The second kappa shape index (κ2) is 7.68. The highest BCUT2D eigenvalue weighted by molar-refractivity contribution is 7.91. The van der Waals surface area contributed by atoms with Crippen LogP contribution in [0.3, 0.4) is 0 Å². The molecule has 0 unspecified atom stereocenters. The van der Waals surface area contributed by atoms with Crippen molar-refractivity contribution in [3.05, 3.63) is 24.3 Å². The second-order valence-electron chi connectivity index (χ2n) is 5.64. The molecule has 1 aliphatic heterocycles. The summed E-state index contributed by atoms with van der Waals surface area (Å²) in [6.07, 6.45) is 0.621. The minimum Gasteiger partial charge on any atom is -0.377 e. The number of sulfone groups is 1. The number of primary sulfonamides is 1. The molecule has 0 spiro atoms. The first-order valence-electron chi connectivity index (χ1n) is 7.44. The molecule has 0 bridgehead atoms. The molecule has 1 aliphatic rings. The number of rotatable bonds is 7. The van der Waals surface area contributed by atoms with E-state index >= 15 is 0 Å². The molecule has 1 fully saturated rings. The van der Waals surface area contributed by atoms with Crippen LogP contribution in [0.5, 0.6) is 0 Å². The van der Waals surface area contributed by atoms with E-state index in [1.807, 2.05) is 0 Å². The predicted molar refractivity (Wildman–Crippen MR) is 90.6 cm³/mol. The van der Waals surface area contributed by atoms with E-state index in [2.05, 4.69) is 4.72 Å². The molecule has 25 heavy (non-hydrogen) atoms. The van der Waals surface area contributed by atoms with E-state index in [9.17, 15) is 25.3 Å². The third kappa shape index (κ3) is 6.01. The van der Waals surface area contributed by atoms with Crippen LogP contribution in [0.4, 0.5) is 0 Å². The highest BCUT2D eigenvalue weighted by Gasteiger charge is 2.24. The van der Waals surface area contributed by atoms with Gasteiger partial charge >= 0.3 is 0 Å². The highest BCUT2D eigenvalue weighted by Crippen LogP contribution is 2.15. The molecular formula is C13H20N2O7S3. The van der Waals surface area contributed by atoms with Crippen molar-refractivity contribution in [2.75, 3.05) is 24.7 Å². The van der Waals surface area contributed by atoms with E-state index < -0.39 is 29.9 Å². The third-order valence-corrected chi connectivity index (χ3v) is 7.83. The number of hydrogen-bond acceptors (Lipinski definition) is 7. The second-order valence-corrected chi connectivity index (χ2v) is 11.3. The van der Waals surface area contributed by atoms with Gasteiger partial charge in [0, 0.05) is 6.54 Å². The van der Waals surface area contributed by atoms with E-state index in [1.54, 1.807) is 0 Å².